The van der Waals surface area contributed by atoms with E-state index in [0.29, 0.717) is 6.07 Å². The number of carbonyl (C=O) groups is 2. The third kappa shape index (κ3) is 4.28. The molecule has 0 aliphatic rings. The fourth-order valence-corrected chi connectivity index (χ4v) is 1.51. The first-order valence-electron chi connectivity index (χ1n) is 6.11. The molecule has 0 aliphatic carbocycles. The average Bonchev–Trinajstić information content (AvgIpc) is 2.47. The number of hydrogen-bond donors (Lipinski definition) is 0. The maximum atomic E-state index is 13.8. The molecule has 0 saturated heterocycles. The highest BCUT2D eigenvalue weighted by Crippen LogP contribution is 2.23. The highest BCUT2D eigenvalue weighted by atomic mass is 19.1. The van der Waals surface area contributed by atoms with Crippen LogP contribution < -0.4 is 0 Å². The van der Waals surface area contributed by atoms with Crippen LogP contribution in [0.2, 0.25) is 0 Å². The molecule has 0 spiro atoms. The van der Waals surface area contributed by atoms with Crippen LogP contribution >= 0.6 is 0 Å². The van der Waals surface area contributed by atoms with Crippen LogP contribution in [-0.2, 0) is 14.3 Å². The number of methoxy groups -OCH3 is 1. The summed E-state index contributed by atoms with van der Waals surface area (Å²) in [4.78, 5) is 32.6. The van der Waals surface area contributed by atoms with Crippen molar-refractivity contribution in [2.75, 3.05) is 13.7 Å². The fraction of sp³-hybridized carbons (Fsp3) is 0.286. The van der Waals surface area contributed by atoms with Gasteiger partial charge in [-0.25, -0.2) is 9.18 Å². The Morgan fingerprint density at radius 3 is 2.64 bits per heavy atom. The summed E-state index contributed by atoms with van der Waals surface area (Å²) in [5.74, 6) is 2.11. The van der Waals surface area contributed by atoms with Crippen molar-refractivity contribution in [3.8, 4) is 11.8 Å². The van der Waals surface area contributed by atoms with Gasteiger partial charge in [-0.3, -0.25) is 14.9 Å². The third-order valence-electron chi connectivity index (χ3n) is 2.45. The molecule has 0 atom stereocenters. The Morgan fingerprint density at radius 1 is 1.41 bits per heavy atom. The maximum Gasteiger partial charge on any atom is 0.344 e. The molecule has 0 bridgehead atoms. The van der Waals surface area contributed by atoms with Gasteiger partial charge in [-0.05, 0) is 13.0 Å². The van der Waals surface area contributed by atoms with Crippen LogP contribution in [0.3, 0.4) is 0 Å². The van der Waals surface area contributed by atoms with E-state index in [-0.39, 0.29) is 18.6 Å². The second-order valence-corrected chi connectivity index (χ2v) is 3.88. The normalized spacial score (nSPS) is 9.41. The number of rotatable bonds is 4. The van der Waals surface area contributed by atoms with E-state index in [1.807, 2.05) is 0 Å². The molecule has 0 fully saturated rings. The lowest BCUT2D eigenvalue weighted by molar-refractivity contribution is -0.385. The van der Waals surface area contributed by atoms with E-state index in [9.17, 15) is 24.1 Å². The minimum Gasteiger partial charge on any atom is -0.465 e. The number of nitrogens with zero attached hydrogens (tertiary/aromatic N) is 1. The number of halogens is 1. The first-order valence-corrected chi connectivity index (χ1v) is 6.11. The molecule has 1 aromatic rings. The number of nitro groups is 1. The predicted molar refractivity (Wildman–Crippen MR) is 72.5 cm³/mol. The molecule has 0 aliphatic heterocycles. The van der Waals surface area contributed by atoms with Crippen LogP contribution in [0.1, 0.15) is 29.3 Å². The van der Waals surface area contributed by atoms with Crippen molar-refractivity contribution in [2.45, 2.75) is 13.3 Å². The van der Waals surface area contributed by atoms with Crippen LogP contribution in [0.4, 0.5) is 10.1 Å². The van der Waals surface area contributed by atoms with Crippen molar-refractivity contribution in [1.29, 1.82) is 0 Å². The van der Waals surface area contributed by atoms with Gasteiger partial charge in [0, 0.05) is 6.07 Å². The largest absolute Gasteiger partial charge is 0.465 e. The number of esters is 2. The molecule has 0 unspecified atom stereocenters. The van der Waals surface area contributed by atoms with Gasteiger partial charge >= 0.3 is 11.9 Å². The maximum absolute atomic E-state index is 13.8. The molecule has 1 rings (SSSR count). The van der Waals surface area contributed by atoms with Crippen molar-refractivity contribution in [3.63, 3.8) is 0 Å². The number of nitro benzene ring substituents is 1. The third-order valence-corrected chi connectivity index (χ3v) is 2.45. The SMILES string of the molecule is CCOC(=O)CC#Cc1cc([N+](=O)[O-])c(C(=O)OC)cc1F. The molecule has 22 heavy (non-hydrogen) atoms. The summed E-state index contributed by atoms with van der Waals surface area (Å²) in [6, 6.07) is 1.50. The van der Waals surface area contributed by atoms with Crippen molar-refractivity contribution in [1.82, 2.24) is 0 Å². The molecule has 7 nitrogen and oxygen atoms in total. The monoisotopic (exact) mass is 309 g/mol. The fourth-order valence-electron chi connectivity index (χ4n) is 1.51. The van der Waals surface area contributed by atoms with Gasteiger partial charge in [-0.2, -0.15) is 0 Å². The van der Waals surface area contributed by atoms with Gasteiger partial charge < -0.3 is 9.47 Å². The number of benzene rings is 1. The lowest BCUT2D eigenvalue weighted by Crippen LogP contribution is -2.07. The molecule has 0 radical (unpaired) electrons. The van der Waals surface area contributed by atoms with E-state index in [4.69, 9.17) is 0 Å². The molecule has 1 aromatic carbocycles. The highest BCUT2D eigenvalue weighted by molar-refractivity contribution is 5.94. The van der Waals surface area contributed by atoms with E-state index in [2.05, 4.69) is 21.3 Å². The van der Waals surface area contributed by atoms with E-state index in [1.165, 1.54) is 0 Å². The second-order valence-electron chi connectivity index (χ2n) is 3.88. The zero-order valence-electron chi connectivity index (χ0n) is 11.8. The quantitative estimate of drug-likeness (QED) is 0.364. The van der Waals surface area contributed by atoms with Gasteiger partial charge in [0.05, 0.1) is 24.2 Å². The zero-order valence-corrected chi connectivity index (χ0v) is 11.8. The van der Waals surface area contributed by atoms with Crippen LogP contribution in [0, 0.1) is 27.8 Å². The molecule has 0 aromatic heterocycles. The Balaban J connectivity index is 3.15. The second kappa shape index (κ2) is 7.73. The van der Waals surface area contributed by atoms with Gasteiger partial charge in [-0.15, -0.1) is 0 Å². The van der Waals surface area contributed by atoms with Crippen LogP contribution in [0.15, 0.2) is 12.1 Å². The smallest absolute Gasteiger partial charge is 0.344 e. The van der Waals surface area contributed by atoms with E-state index >= 15 is 0 Å². The van der Waals surface area contributed by atoms with Gasteiger partial charge in [-0.1, -0.05) is 11.8 Å². The molecule has 0 N–H and O–H groups in total. The summed E-state index contributed by atoms with van der Waals surface area (Å²) in [5.41, 5.74) is -1.45. The molecule has 0 heterocycles. The van der Waals surface area contributed by atoms with E-state index in [0.717, 1.165) is 13.2 Å². The van der Waals surface area contributed by atoms with Gasteiger partial charge in [0.2, 0.25) is 0 Å². The Hall–Kier alpha value is -2.95. The van der Waals surface area contributed by atoms with Crippen molar-refractivity contribution in [3.05, 3.63) is 39.2 Å². The summed E-state index contributed by atoms with van der Waals surface area (Å²) >= 11 is 0. The Kier molecular flexibility index (Phi) is 6.01. The Labute approximate surface area is 125 Å². The molecular formula is C14H12FNO6. The topological polar surface area (TPSA) is 95.7 Å². The minimum absolute atomic E-state index is 0.189. The summed E-state index contributed by atoms with van der Waals surface area (Å²) in [5, 5.41) is 10.9. The standard InChI is InChI=1S/C14H12FNO6/c1-3-22-13(17)6-4-5-9-7-12(16(19)20)10(8-11(9)15)14(18)21-2/h7-8H,3,6H2,1-2H3. The number of ether oxygens (including phenoxy) is 2. The van der Waals surface area contributed by atoms with Crippen molar-refractivity contribution >= 4 is 17.6 Å². The minimum atomic E-state index is -1.03. The molecule has 8 heteroatoms. The molecule has 0 saturated carbocycles. The Morgan fingerprint density at radius 2 is 2.09 bits per heavy atom. The molecule has 0 amide bonds. The molecular weight excluding hydrogens is 297 g/mol. The van der Waals surface area contributed by atoms with Crippen LogP contribution in [-0.4, -0.2) is 30.6 Å². The Bertz CT molecular complexity index is 674. The lowest BCUT2D eigenvalue weighted by Gasteiger charge is -2.03. The summed E-state index contributed by atoms with van der Waals surface area (Å²) < 4.78 is 22.8. The van der Waals surface area contributed by atoms with Gasteiger partial charge in [0.25, 0.3) is 5.69 Å². The average molecular weight is 309 g/mol. The summed E-state index contributed by atoms with van der Waals surface area (Å²) in [7, 11) is 1.02. The van der Waals surface area contributed by atoms with Crippen LogP contribution in [0.5, 0.6) is 0 Å². The summed E-state index contributed by atoms with van der Waals surface area (Å²) in [6.45, 7) is 1.81. The number of hydrogen-bond acceptors (Lipinski definition) is 6. The van der Waals surface area contributed by atoms with Crippen molar-refractivity contribution in [2.24, 2.45) is 0 Å². The first-order chi connectivity index (χ1) is 10.4. The predicted octanol–water partition coefficient (Wildman–Crippen LogP) is 1.83. The molecule has 116 valence electrons. The van der Waals surface area contributed by atoms with Gasteiger partial charge in [0.1, 0.15) is 17.8 Å². The first kappa shape index (κ1) is 17.1. The van der Waals surface area contributed by atoms with E-state index in [1.54, 1.807) is 6.92 Å². The number of carbonyl (C=O) groups excluding carboxylic acids is 2. The van der Waals surface area contributed by atoms with Crippen LogP contribution in [0.25, 0.3) is 0 Å². The van der Waals surface area contributed by atoms with E-state index < -0.39 is 33.9 Å². The van der Waals surface area contributed by atoms with Gasteiger partial charge in [0.15, 0.2) is 0 Å². The highest BCUT2D eigenvalue weighted by Gasteiger charge is 2.23. The summed E-state index contributed by atoms with van der Waals surface area (Å²) in [6.07, 6.45) is -0.278. The zero-order chi connectivity index (χ0) is 16.7. The van der Waals surface area contributed by atoms with Crippen molar-refractivity contribution < 1.29 is 28.4 Å². The lowest BCUT2D eigenvalue weighted by atomic mass is 10.1.